The summed E-state index contributed by atoms with van der Waals surface area (Å²) in [6.07, 6.45) is 1.89. The molecule has 0 bridgehead atoms. The summed E-state index contributed by atoms with van der Waals surface area (Å²) in [6, 6.07) is 6.39. The number of halogens is 1. The number of rotatable bonds is 5. The molecule has 0 heterocycles. The highest BCUT2D eigenvalue weighted by molar-refractivity contribution is 5.85. The third-order valence-corrected chi connectivity index (χ3v) is 3.48. The Morgan fingerprint density at radius 1 is 1.50 bits per heavy atom. The maximum absolute atomic E-state index is 13.1. The highest BCUT2D eigenvalue weighted by Crippen LogP contribution is 2.46. The Balaban J connectivity index is 2.00. The second-order valence-electron chi connectivity index (χ2n) is 5.10. The summed E-state index contributed by atoms with van der Waals surface area (Å²) in [5.41, 5.74) is 0.614. The second kappa shape index (κ2) is 5.06. The number of nitrogens with zero attached hydrogens (tertiary/aromatic N) is 1. The van der Waals surface area contributed by atoms with Crippen LogP contribution in [0.2, 0.25) is 0 Å². The summed E-state index contributed by atoms with van der Waals surface area (Å²) >= 11 is 0. The van der Waals surface area contributed by atoms with E-state index in [9.17, 15) is 9.18 Å². The van der Waals surface area contributed by atoms with Crippen LogP contribution in [0.25, 0.3) is 0 Å². The molecule has 1 amide bonds. The fourth-order valence-corrected chi connectivity index (χ4v) is 2.34. The van der Waals surface area contributed by atoms with Crippen LogP contribution in [0.3, 0.4) is 0 Å². The number of amides is 1. The molecule has 1 N–H and O–H groups in total. The van der Waals surface area contributed by atoms with Gasteiger partial charge in [-0.25, -0.2) is 4.39 Å². The third kappa shape index (κ3) is 2.70. The highest BCUT2D eigenvalue weighted by Gasteiger charge is 2.50. The van der Waals surface area contributed by atoms with Gasteiger partial charge in [-0.15, -0.1) is 0 Å². The summed E-state index contributed by atoms with van der Waals surface area (Å²) in [5.74, 6) is -0.106. The van der Waals surface area contributed by atoms with Gasteiger partial charge in [-0.05, 0) is 37.6 Å². The Bertz CT molecular complexity index is 443. The van der Waals surface area contributed by atoms with Crippen molar-refractivity contribution in [1.82, 2.24) is 10.2 Å². The quantitative estimate of drug-likeness (QED) is 0.864. The second-order valence-corrected chi connectivity index (χ2v) is 5.10. The lowest BCUT2D eigenvalue weighted by atomic mass is 10.1. The highest BCUT2D eigenvalue weighted by atomic mass is 19.1. The van der Waals surface area contributed by atoms with Crippen molar-refractivity contribution in [2.45, 2.75) is 19.4 Å². The van der Waals surface area contributed by atoms with Crippen LogP contribution in [0, 0.1) is 11.2 Å². The normalized spacial score (nSPS) is 16.4. The zero-order valence-corrected chi connectivity index (χ0v) is 10.9. The van der Waals surface area contributed by atoms with Crippen molar-refractivity contribution in [3.05, 3.63) is 35.6 Å². The molecule has 1 fully saturated rings. The monoisotopic (exact) mass is 250 g/mol. The SMILES string of the molecule is CNCC1(C(=O)N(C)Cc2cccc(F)c2)CC1. The topological polar surface area (TPSA) is 32.3 Å². The number of carbonyl (C=O) groups is 1. The fourth-order valence-electron chi connectivity index (χ4n) is 2.34. The minimum Gasteiger partial charge on any atom is -0.341 e. The van der Waals surface area contributed by atoms with Crippen LogP contribution in [0.5, 0.6) is 0 Å². The van der Waals surface area contributed by atoms with Gasteiger partial charge >= 0.3 is 0 Å². The first-order valence-electron chi connectivity index (χ1n) is 6.22. The predicted octanol–water partition coefficient (Wildman–Crippen LogP) is 1.78. The Hall–Kier alpha value is -1.42. The number of benzene rings is 1. The van der Waals surface area contributed by atoms with Gasteiger partial charge in [0.25, 0.3) is 0 Å². The molecule has 0 aromatic heterocycles. The minimum atomic E-state index is -0.260. The predicted molar refractivity (Wildman–Crippen MR) is 68.5 cm³/mol. The van der Waals surface area contributed by atoms with E-state index in [0.717, 1.165) is 24.9 Å². The third-order valence-electron chi connectivity index (χ3n) is 3.48. The first kappa shape index (κ1) is 13.0. The van der Waals surface area contributed by atoms with E-state index < -0.39 is 0 Å². The van der Waals surface area contributed by atoms with Crippen LogP contribution in [-0.4, -0.2) is 31.4 Å². The largest absolute Gasteiger partial charge is 0.341 e. The van der Waals surface area contributed by atoms with Crippen molar-refractivity contribution in [2.75, 3.05) is 20.6 Å². The van der Waals surface area contributed by atoms with Gasteiger partial charge in [0.1, 0.15) is 5.82 Å². The van der Waals surface area contributed by atoms with E-state index in [1.807, 2.05) is 13.1 Å². The molecule has 98 valence electrons. The van der Waals surface area contributed by atoms with Gasteiger partial charge in [-0.2, -0.15) is 0 Å². The maximum atomic E-state index is 13.1. The van der Waals surface area contributed by atoms with Gasteiger partial charge in [0.05, 0.1) is 5.41 Å². The standard InChI is InChI=1S/C14H19FN2O/c1-16-10-14(6-7-14)13(18)17(2)9-11-4-3-5-12(15)8-11/h3-5,8,16H,6-7,9-10H2,1-2H3. The van der Waals surface area contributed by atoms with Crippen LogP contribution in [0.1, 0.15) is 18.4 Å². The zero-order chi connectivity index (χ0) is 13.2. The minimum absolute atomic E-state index is 0.154. The molecule has 4 heteroatoms. The lowest BCUT2D eigenvalue weighted by molar-refractivity contribution is -0.136. The first-order valence-corrected chi connectivity index (χ1v) is 6.22. The molecule has 1 aromatic carbocycles. The van der Waals surface area contributed by atoms with Gasteiger partial charge in [0, 0.05) is 20.1 Å². The Morgan fingerprint density at radius 2 is 2.22 bits per heavy atom. The van der Waals surface area contributed by atoms with Crippen LogP contribution >= 0.6 is 0 Å². The van der Waals surface area contributed by atoms with Crippen LogP contribution < -0.4 is 5.32 Å². The Kier molecular flexibility index (Phi) is 3.66. The summed E-state index contributed by atoms with van der Waals surface area (Å²) < 4.78 is 13.1. The summed E-state index contributed by atoms with van der Waals surface area (Å²) in [4.78, 5) is 14.0. The van der Waals surface area contributed by atoms with Gasteiger partial charge in [-0.3, -0.25) is 4.79 Å². The summed E-state index contributed by atoms with van der Waals surface area (Å²) in [6.45, 7) is 1.18. The first-order chi connectivity index (χ1) is 8.57. The Morgan fingerprint density at radius 3 is 2.78 bits per heavy atom. The van der Waals surface area contributed by atoms with Gasteiger partial charge in [0.15, 0.2) is 0 Å². The van der Waals surface area contributed by atoms with E-state index in [-0.39, 0.29) is 17.1 Å². The van der Waals surface area contributed by atoms with E-state index >= 15 is 0 Å². The molecular weight excluding hydrogens is 231 g/mol. The van der Waals surface area contributed by atoms with Crippen LogP contribution in [-0.2, 0) is 11.3 Å². The summed E-state index contributed by atoms with van der Waals surface area (Å²) in [7, 11) is 3.64. The molecule has 0 unspecified atom stereocenters. The molecule has 1 saturated carbocycles. The lowest BCUT2D eigenvalue weighted by Gasteiger charge is -2.23. The molecule has 18 heavy (non-hydrogen) atoms. The zero-order valence-electron chi connectivity index (χ0n) is 10.9. The van der Waals surface area contributed by atoms with E-state index in [2.05, 4.69) is 5.32 Å². The van der Waals surface area contributed by atoms with E-state index in [0.29, 0.717) is 6.54 Å². The molecule has 0 saturated heterocycles. The molecule has 0 spiro atoms. The van der Waals surface area contributed by atoms with E-state index in [4.69, 9.17) is 0 Å². The van der Waals surface area contributed by atoms with Crippen molar-refractivity contribution >= 4 is 5.91 Å². The van der Waals surface area contributed by atoms with Crippen LogP contribution in [0.15, 0.2) is 24.3 Å². The molecular formula is C14H19FN2O. The molecule has 2 rings (SSSR count). The molecule has 0 aliphatic heterocycles. The number of hydrogen-bond donors (Lipinski definition) is 1. The van der Waals surface area contributed by atoms with Crippen molar-refractivity contribution in [1.29, 1.82) is 0 Å². The molecule has 1 aromatic rings. The molecule has 3 nitrogen and oxygen atoms in total. The molecule has 0 radical (unpaired) electrons. The van der Waals surface area contributed by atoms with Gasteiger partial charge in [0.2, 0.25) is 5.91 Å². The fraction of sp³-hybridized carbons (Fsp3) is 0.500. The van der Waals surface area contributed by atoms with Gasteiger partial charge < -0.3 is 10.2 Å². The van der Waals surface area contributed by atoms with E-state index in [1.165, 1.54) is 12.1 Å². The van der Waals surface area contributed by atoms with Crippen molar-refractivity contribution in [3.63, 3.8) is 0 Å². The van der Waals surface area contributed by atoms with Crippen molar-refractivity contribution in [2.24, 2.45) is 5.41 Å². The molecule has 1 aliphatic carbocycles. The lowest BCUT2D eigenvalue weighted by Crippen LogP contribution is -2.38. The Labute approximate surface area is 107 Å². The molecule has 1 aliphatic rings. The van der Waals surface area contributed by atoms with Crippen molar-refractivity contribution in [3.8, 4) is 0 Å². The van der Waals surface area contributed by atoms with Crippen LogP contribution in [0.4, 0.5) is 4.39 Å². The maximum Gasteiger partial charge on any atom is 0.230 e. The smallest absolute Gasteiger partial charge is 0.230 e. The van der Waals surface area contributed by atoms with Crippen molar-refractivity contribution < 1.29 is 9.18 Å². The average molecular weight is 250 g/mol. The number of carbonyl (C=O) groups excluding carboxylic acids is 1. The van der Waals surface area contributed by atoms with Gasteiger partial charge in [-0.1, -0.05) is 12.1 Å². The number of nitrogens with one attached hydrogen (secondary N) is 1. The average Bonchev–Trinajstić information content (AvgIpc) is 3.09. The van der Waals surface area contributed by atoms with E-state index in [1.54, 1.807) is 18.0 Å². The summed E-state index contributed by atoms with van der Waals surface area (Å²) in [5, 5.41) is 3.07. The molecule has 0 atom stereocenters. The number of hydrogen-bond acceptors (Lipinski definition) is 2.